The molecule has 0 aliphatic carbocycles. The van der Waals surface area contributed by atoms with Gasteiger partial charge in [0.2, 0.25) is 0 Å². The van der Waals surface area contributed by atoms with Gasteiger partial charge in [-0.2, -0.15) is 0 Å². The van der Waals surface area contributed by atoms with E-state index < -0.39 is 0 Å². The Bertz CT molecular complexity index is 288. The average molecular weight is 206 g/mol. The highest BCUT2D eigenvalue weighted by molar-refractivity contribution is 5.27. The first kappa shape index (κ1) is 12.2. The molecule has 0 aliphatic heterocycles. The van der Waals surface area contributed by atoms with E-state index in [1.165, 1.54) is 11.1 Å². The minimum atomic E-state index is 0.325. The van der Waals surface area contributed by atoms with Crippen LogP contribution >= 0.6 is 0 Å². The zero-order valence-electron chi connectivity index (χ0n) is 10.2. The Morgan fingerprint density at radius 3 is 1.87 bits per heavy atom. The molecule has 2 nitrogen and oxygen atoms in total. The van der Waals surface area contributed by atoms with Gasteiger partial charge in [0, 0.05) is 12.6 Å². The van der Waals surface area contributed by atoms with Gasteiger partial charge in [-0.3, -0.25) is 0 Å². The first-order chi connectivity index (χ1) is 7.06. The zero-order chi connectivity index (χ0) is 11.4. The van der Waals surface area contributed by atoms with Crippen LogP contribution in [0.4, 0.5) is 0 Å². The number of rotatable bonds is 4. The lowest BCUT2D eigenvalue weighted by atomic mass is 9.99. The molecule has 0 bridgehead atoms. The molecule has 1 unspecified atom stereocenters. The molecular formula is C13H22N2. The van der Waals surface area contributed by atoms with E-state index in [2.05, 4.69) is 57.1 Å². The summed E-state index contributed by atoms with van der Waals surface area (Å²) in [7, 11) is 4.13. The third kappa shape index (κ3) is 3.05. The second kappa shape index (κ2) is 5.29. The molecule has 1 atom stereocenters. The summed E-state index contributed by atoms with van der Waals surface area (Å²) in [5.74, 6) is 0.592. The number of benzene rings is 1. The van der Waals surface area contributed by atoms with Gasteiger partial charge >= 0.3 is 0 Å². The van der Waals surface area contributed by atoms with E-state index in [1.807, 2.05) is 0 Å². The lowest BCUT2D eigenvalue weighted by Crippen LogP contribution is -2.27. The van der Waals surface area contributed by atoms with Gasteiger partial charge in [0.05, 0.1) is 0 Å². The molecule has 0 saturated carbocycles. The van der Waals surface area contributed by atoms with E-state index in [-0.39, 0.29) is 0 Å². The molecule has 0 amide bonds. The van der Waals surface area contributed by atoms with Gasteiger partial charge in [-0.15, -0.1) is 0 Å². The zero-order valence-corrected chi connectivity index (χ0v) is 10.2. The summed E-state index contributed by atoms with van der Waals surface area (Å²) >= 11 is 0. The number of hydrogen-bond acceptors (Lipinski definition) is 2. The van der Waals surface area contributed by atoms with Gasteiger partial charge in [0.1, 0.15) is 0 Å². The highest BCUT2D eigenvalue weighted by atomic mass is 15.1. The van der Waals surface area contributed by atoms with Gasteiger partial charge in [0.25, 0.3) is 0 Å². The summed E-state index contributed by atoms with van der Waals surface area (Å²) < 4.78 is 0. The van der Waals surface area contributed by atoms with E-state index in [0.717, 1.165) is 0 Å². The largest absolute Gasteiger partial charge is 0.329 e. The predicted octanol–water partition coefficient (Wildman–Crippen LogP) is 2.37. The van der Waals surface area contributed by atoms with Crippen molar-refractivity contribution in [1.29, 1.82) is 0 Å². The second-order valence-corrected chi connectivity index (χ2v) is 4.54. The van der Waals surface area contributed by atoms with Crippen molar-refractivity contribution in [2.45, 2.75) is 25.8 Å². The molecule has 0 radical (unpaired) electrons. The van der Waals surface area contributed by atoms with Crippen molar-refractivity contribution >= 4 is 0 Å². The second-order valence-electron chi connectivity index (χ2n) is 4.54. The van der Waals surface area contributed by atoms with Crippen LogP contribution in [0.2, 0.25) is 0 Å². The van der Waals surface area contributed by atoms with Crippen LogP contribution < -0.4 is 5.73 Å². The number of nitrogens with zero attached hydrogens (tertiary/aromatic N) is 1. The van der Waals surface area contributed by atoms with Crippen LogP contribution in [0.5, 0.6) is 0 Å². The van der Waals surface area contributed by atoms with Crippen LogP contribution in [0.3, 0.4) is 0 Å². The average Bonchev–Trinajstić information content (AvgIpc) is 2.19. The van der Waals surface area contributed by atoms with Crippen LogP contribution in [-0.2, 0) is 0 Å². The van der Waals surface area contributed by atoms with E-state index in [1.54, 1.807) is 0 Å². The minimum Gasteiger partial charge on any atom is -0.329 e. The summed E-state index contributed by atoms with van der Waals surface area (Å²) in [4.78, 5) is 2.16. The topological polar surface area (TPSA) is 29.3 Å². The fraction of sp³-hybridized carbons (Fsp3) is 0.538. The van der Waals surface area contributed by atoms with Gasteiger partial charge in [-0.1, -0.05) is 38.1 Å². The van der Waals surface area contributed by atoms with Crippen LogP contribution in [0, 0.1) is 0 Å². The molecule has 1 aromatic rings. The van der Waals surface area contributed by atoms with Crippen LogP contribution in [0.25, 0.3) is 0 Å². The molecule has 0 heterocycles. The molecule has 2 N–H and O–H groups in total. The molecular weight excluding hydrogens is 184 g/mol. The monoisotopic (exact) mass is 206 g/mol. The lowest BCUT2D eigenvalue weighted by molar-refractivity contribution is 0.306. The van der Waals surface area contributed by atoms with Crippen molar-refractivity contribution in [2.24, 2.45) is 5.73 Å². The smallest absolute Gasteiger partial charge is 0.0464 e. The van der Waals surface area contributed by atoms with Gasteiger partial charge in [-0.25, -0.2) is 0 Å². The fourth-order valence-electron chi connectivity index (χ4n) is 1.75. The Morgan fingerprint density at radius 2 is 1.53 bits per heavy atom. The molecule has 1 aromatic carbocycles. The van der Waals surface area contributed by atoms with Crippen molar-refractivity contribution in [1.82, 2.24) is 4.90 Å². The maximum absolute atomic E-state index is 5.76. The third-order valence-corrected chi connectivity index (χ3v) is 2.83. The maximum Gasteiger partial charge on any atom is 0.0464 e. The van der Waals surface area contributed by atoms with E-state index in [0.29, 0.717) is 18.5 Å². The Kier molecular flexibility index (Phi) is 4.30. The highest BCUT2D eigenvalue weighted by Gasteiger charge is 2.11. The molecule has 0 spiro atoms. The number of likely N-dealkylation sites (N-methyl/N-ethyl adjacent to an activating group) is 1. The van der Waals surface area contributed by atoms with Crippen molar-refractivity contribution in [3.05, 3.63) is 35.4 Å². The first-order valence-electron chi connectivity index (χ1n) is 5.52. The summed E-state index contributed by atoms with van der Waals surface area (Å²) in [5, 5.41) is 0. The van der Waals surface area contributed by atoms with Crippen molar-refractivity contribution in [2.75, 3.05) is 20.6 Å². The van der Waals surface area contributed by atoms with Gasteiger partial charge in [-0.05, 0) is 31.1 Å². The molecule has 15 heavy (non-hydrogen) atoms. The van der Waals surface area contributed by atoms with E-state index in [9.17, 15) is 0 Å². The van der Waals surface area contributed by atoms with E-state index in [4.69, 9.17) is 5.73 Å². The molecule has 0 aromatic heterocycles. The van der Waals surface area contributed by atoms with Crippen LogP contribution in [-0.4, -0.2) is 25.5 Å². The summed E-state index contributed by atoms with van der Waals surface area (Å²) in [6.45, 7) is 5.08. The molecule has 84 valence electrons. The third-order valence-electron chi connectivity index (χ3n) is 2.83. The molecule has 0 fully saturated rings. The van der Waals surface area contributed by atoms with Crippen molar-refractivity contribution < 1.29 is 0 Å². The SMILES string of the molecule is CC(C)c1ccc(C(CN)N(C)C)cc1. The number of hydrogen-bond donors (Lipinski definition) is 1. The van der Waals surface area contributed by atoms with Crippen molar-refractivity contribution in [3.63, 3.8) is 0 Å². The van der Waals surface area contributed by atoms with Crippen molar-refractivity contribution in [3.8, 4) is 0 Å². The lowest BCUT2D eigenvalue weighted by Gasteiger charge is -2.23. The van der Waals surface area contributed by atoms with E-state index >= 15 is 0 Å². The van der Waals surface area contributed by atoms with Crippen LogP contribution in [0.1, 0.15) is 36.9 Å². The maximum atomic E-state index is 5.76. The first-order valence-corrected chi connectivity index (χ1v) is 5.52. The molecule has 2 heteroatoms. The Balaban J connectivity index is 2.87. The Labute approximate surface area is 93.1 Å². The standard InChI is InChI=1S/C13H22N2/c1-10(2)11-5-7-12(8-6-11)13(9-14)15(3)4/h5-8,10,13H,9,14H2,1-4H3. The molecule has 1 rings (SSSR count). The van der Waals surface area contributed by atoms with Gasteiger partial charge in [0.15, 0.2) is 0 Å². The number of nitrogens with two attached hydrogens (primary N) is 1. The Morgan fingerprint density at radius 1 is 1.07 bits per heavy atom. The predicted molar refractivity (Wildman–Crippen MR) is 66.0 cm³/mol. The molecule has 0 aliphatic rings. The fourth-order valence-corrected chi connectivity index (χ4v) is 1.75. The Hall–Kier alpha value is -0.860. The summed E-state index contributed by atoms with van der Waals surface area (Å²) in [5.41, 5.74) is 8.44. The normalized spacial score (nSPS) is 13.5. The van der Waals surface area contributed by atoms with Crippen LogP contribution in [0.15, 0.2) is 24.3 Å². The quantitative estimate of drug-likeness (QED) is 0.819. The van der Waals surface area contributed by atoms with Gasteiger partial charge < -0.3 is 10.6 Å². The summed E-state index contributed by atoms with van der Waals surface area (Å²) in [6, 6.07) is 9.10. The highest BCUT2D eigenvalue weighted by Crippen LogP contribution is 2.20. The summed E-state index contributed by atoms with van der Waals surface area (Å²) in [6.07, 6.45) is 0. The minimum absolute atomic E-state index is 0.325. The molecule has 0 saturated heterocycles.